The minimum Gasteiger partial charge on any atom is -0.372 e. The molecule has 1 aromatic carbocycles. The van der Waals surface area contributed by atoms with Gasteiger partial charge in [-0.15, -0.1) is 0 Å². The van der Waals surface area contributed by atoms with Crippen molar-refractivity contribution in [3.05, 3.63) is 14.7 Å². The molecule has 0 heterocycles. The largest absolute Gasteiger partial charge is 0.372 e. The van der Waals surface area contributed by atoms with Crippen LogP contribution in [-0.2, 0) is 0 Å². The van der Waals surface area contributed by atoms with Gasteiger partial charge in [-0.25, -0.2) is 0 Å². The highest BCUT2D eigenvalue weighted by atomic mass is 32.1. The average Bonchev–Trinajstić information content (AvgIpc) is 2.30. The molecular weight excluding hydrogens is 220 g/mol. The van der Waals surface area contributed by atoms with E-state index < -0.39 is 0 Å². The lowest BCUT2D eigenvalue weighted by Gasteiger charge is -2.28. The lowest BCUT2D eigenvalue weighted by Crippen LogP contribution is -2.33. The Kier molecular flexibility index (Phi) is 4.47. The summed E-state index contributed by atoms with van der Waals surface area (Å²) in [5.41, 5.74) is 1.77. The molecule has 0 aliphatic heterocycles. The average molecular weight is 240 g/mol. The second kappa shape index (κ2) is 5.43. The van der Waals surface area contributed by atoms with E-state index in [1.54, 1.807) is 0 Å². The zero-order valence-electron chi connectivity index (χ0n) is 10.5. The van der Waals surface area contributed by atoms with Crippen LogP contribution in [0.4, 0.5) is 11.4 Å². The first-order chi connectivity index (χ1) is 7.54. The summed E-state index contributed by atoms with van der Waals surface area (Å²) in [6.07, 6.45) is 2.23. The summed E-state index contributed by atoms with van der Waals surface area (Å²) >= 11 is 5.10. The summed E-state index contributed by atoms with van der Waals surface area (Å²) < 4.78 is 0.489. The molecule has 0 saturated heterocycles. The maximum Gasteiger partial charge on any atom is 0.224 e. The van der Waals surface area contributed by atoms with Crippen LogP contribution in [-0.4, -0.2) is 27.2 Å². The second-order valence-electron chi connectivity index (χ2n) is 4.14. The zero-order chi connectivity index (χ0) is 12.3. The van der Waals surface area contributed by atoms with E-state index in [-0.39, 0.29) is 5.43 Å². The Hall–Kier alpha value is -0.900. The standard InChI is InChI=1S/C12H20N2OS/c1-5-7-8-14(4)9-10(13(3)6-2)12(16)11(9)15/h5-8H2,1-4H3. The summed E-state index contributed by atoms with van der Waals surface area (Å²) in [5.74, 6) is 0. The summed E-state index contributed by atoms with van der Waals surface area (Å²) in [6.45, 7) is 5.99. The van der Waals surface area contributed by atoms with Gasteiger partial charge in [0.2, 0.25) is 5.43 Å². The SMILES string of the molecule is CCCCN(C)c1c(N(C)CC)c(=S)c1=O. The number of hydrogen-bond donors (Lipinski definition) is 0. The predicted octanol–water partition coefficient (Wildman–Crippen LogP) is 2.34. The summed E-state index contributed by atoms with van der Waals surface area (Å²) in [6, 6.07) is 0. The lowest BCUT2D eigenvalue weighted by atomic mass is 10.1. The highest BCUT2D eigenvalue weighted by Crippen LogP contribution is 2.29. The van der Waals surface area contributed by atoms with Crippen molar-refractivity contribution in [1.82, 2.24) is 0 Å². The third kappa shape index (κ3) is 2.26. The lowest BCUT2D eigenvalue weighted by molar-refractivity contribution is 0.761. The van der Waals surface area contributed by atoms with Crippen LogP contribution in [0.5, 0.6) is 0 Å². The van der Waals surface area contributed by atoms with Gasteiger partial charge in [-0.1, -0.05) is 25.6 Å². The zero-order valence-corrected chi connectivity index (χ0v) is 11.4. The molecule has 0 aliphatic carbocycles. The fourth-order valence-electron chi connectivity index (χ4n) is 1.74. The van der Waals surface area contributed by atoms with Crippen LogP contribution in [0.2, 0.25) is 0 Å². The van der Waals surface area contributed by atoms with E-state index in [0.717, 1.165) is 37.3 Å². The summed E-state index contributed by atoms with van der Waals surface area (Å²) in [5, 5.41) is 0. The number of anilines is 2. The normalized spacial score (nSPS) is 10.8. The third-order valence-corrected chi connectivity index (χ3v) is 3.32. The molecule has 4 heteroatoms. The Morgan fingerprint density at radius 2 is 1.75 bits per heavy atom. The van der Waals surface area contributed by atoms with Crippen molar-refractivity contribution < 1.29 is 0 Å². The van der Waals surface area contributed by atoms with Crippen molar-refractivity contribution in [2.24, 2.45) is 0 Å². The molecule has 0 unspecified atom stereocenters. The van der Waals surface area contributed by atoms with Gasteiger partial charge in [0, 0.05) is 27.2 Å². The van der Waals surface area contributed by atoms with Crippen molar-refractivity contribution in [2.75, 3.05) is 37.0 Å². The molecule has 3 nitrogen and oxygen atoms in total. The molecule has 90 valence electrons. The van der Waals surface area contributed by atoms with E-state index in [4.69, 9.17) is 12.2 Å². The molecule has 16 heavy (non-hydrogen) atoms. The van der Waals surface area contributed by atoms with E-state index in [9.17, 15) is 4.79 Å². The van der Waals surface area contributed by atoms with E-state index in [1.807, 2.05) is 23.9 Å². The van der Waals surface area contributed by atoms with E-state index in [0.29, 0.717) is 4.51 Å². The number of hydrogen-bond acceptors (Lipinski definition) is 4. The van der Waals surface area contributed by atoms with Crippen LogP contribution in [0.15, 0.2) is 4.79 Å². The van der Waals surface area contributed by atoms with Crippen LogP contribution in [0.25, 0.3) is 0 Å². The van der Waals surface area contributed by atoms with Gasteiger partial charge in [0.05, 0.1) is 5.69 Å². The van der Waals surface area contributed by atoms with Crippen molar-refractivity contribution in [3.8, 4) is 0 Å². The highest BCUT2D eigenvalue weighted by Gasteiger charge is 2.22. The van der Waals surface area contributed by atoms with Crippen molar-refractivity contribution >= 4 is 23.6 Å². The molecule has 0 atom stereocenters. The molecule has 1 rings (SSSR count). The van der Waals surface area contributed by atoms with Gasteiger partial charge >= 0.3 is 0 Å². The van der Waals surface area contributed by atoms with Gasteiger partial charge in [-0.3, -0.25) is 4.79 Å². The Labute approximate surface area is 102 Å². The molecule has 0 amide bonds. The van der Waals surface area contributed by atoms with Crippen LogP contribution < -0.4 is 15.2 Å². The van der Waals surface area contributed by atoms with Crippen LogP contribution in [0.3, 0.4) is 0 Å². The molecule has 1 aromatic rings. The summed E-state index contributed by atoms with van der Waals surface area (Å²) in [4.78, 5) is 15.8. The molecular formula is C12H20N2OS. The fraction of sp³-hybridized carbons (Fsp3) is 0.667. The van der Waals surface area contributed by atoms with Gasteiger partial charge in [-0.2, -0.15) is 0 Å². The quantitative estimate of drug-likeness (QED) is 0.712. The monoisotopic (exact) mass is 240 g/mol. The number of unbranched alkanes of at least 4 members (excludes halogenated alkanes) is 1. The minimum atomic E-state index is 0.0314. The van der Waals surface area contributed by atoms with E-state index in [1.165, 1.54) is 0 Å². The first-order valence-corrected chi connectivity index (χ1v) is 6.20. The van der Waals surface area contributed by atoms with Crippen molar-refractivity contribution in [1.29, 1.82) is 0 Å². The van der Waals surface area contributed by atoms with Gasteiger partial charge in [0.15, 0.2) is 0 Å². The van der Waals surface area contributed by atoms with Gasteiger partial charge in [-0.05, 0) is 13.3 Å². The Balaban J connectivity index is 2.92. The van der Waals surface area contributed by atoms with Crippen LogP contribution in [0, 0.1) is 4.51 Å². The molecule has 0 fully saturated rings. The van der Waals surface area contributed by atoms with Crippen molar-refractivity contribution in [3.63, 3.8) is 0 Å². The Morgan fingerprint density at radius 3 is 2.25 bits per heavy atom. The highest BCUT2D eigenvalue weighted by molar-refractivity contribution is 7.71. The predicted molar refractivity (Wildman–Crippen MR) is 73.0 cm³/mol. The van der Waals surface area contributed by atoms with E-state index >= 15 is 0 Å². The second-order valence-corrected chi connectivity index (χ2v) is 4.55. The van der Waals surface area contributed by atoms with Crippen LogP contribution in [0.1, 0.15) is 26.7 Å². The maximum atomic E-state index is 11.7. The molecule has 0 bridgehead atoms. The topological polar surface area (TPSA) is 23.6 Å². The first kappa shape index (κ1) is 13.2. The van der Waals surface area contributed by atoms with Gasteiger partial charge in [0.25, 0.3) is 0 Å². The minimum absolute atomic E-state index is 0.0314. The molecule has 0 aliphatic rings. The molecule has 0 saturated carbocycles. The van der Waals surface area contributed by atoms with Gasteiger partial charge < -0.3 is 9.80 Å². The Bertz CT molecular complexity index is 421. The molecule has 0 aromatic heterocycles. The molecule has 0 N–H and O–H groups in total. The molecule has 0 spiro atoms. The van der Waals surface area contributed by atoms with Gasteiger partial charge in [0.1, 0.15) is 10.2 Å². The van der Waals surface area contributed by atoms with E-state index in [2.05, 4.69) is 13.8 Å². The van der Waals surface area contributed by atoms with Crippen LogP contribution >= 0.6 is 12.2 Å². The summed E-state index contributed by atoms with van der Waals surface area (Å²) in [7, 11) is 3.94. The maximum absolute atomic E-state index is 11.7. The smallest absolute Gasteiger partial charge is 0.224 e. The number of nitrogens with zero attached hydrogens (tertiary/aromatic N) is 2. The molecule has 0 radical (unpaired) electrons. The first-order valence-electron chi connectivity index (χ1n) is 5.80. The fourth-order valence-corrected chi connectivity index (χ4v) is 2.09. The Morgan fingerprint density at radius 1 is 1.12 bits per heavy atom. The van der Waals surface area contributed by atoms with Crippen molar-refractivity contribution in [2.45, 2.75) is 26.7 Å². The third-order valence-electron chi connectivity index (χ3n) is 2.95. The number of rotatable bonds is 6.